The molecule has 0 heterocycles. The summed E-state index contributed by atoms with van der Waals surface area (Å²) in [4.78, 5) is 13.5. The number of rotatable bonds is 12. The van der Waals surface area contributed by atoms with Gasteiger partial charge in [0.1, 0.15) is 0 Å². The van der Waals surface area contributed by atoms with Gasteiger partial charge in [0.2, 0.25) is 0 Å². The van der Waals surface area contributed by atoms with Gasteiger partial charge in [0.15, 0.2) is 0 Å². The molecule has 0 radical (unpaired) electrons. The lowest BCUT2D eigenvalue weighted by Gasteiger charge is -2.27. The second-order valence-corrected chi connectivity index (χ2v) is 11.4. The van der Waals surface area contributed by atoms with E-state index in [-0.39, 0.29) is 17.3 Å². The molecule has 3 rings (SSSR count). The number of carbonyl (C=O) groups is 1. The van der Waals surface area contributed by atoms with Crippen LogP contribution < -0.4 is 9.62 Å². The fourth-order valence-electron chi connectivity index (χ4n) is 4.05. The first kappa shape index (κ1) is 27.8. The molecular weight excluding hydrogens is 492 g/mol. The summed E-state index contributed by atoms with van der Waals surface area (Å²) in [5.41, 5.74) is 2.39. The predicted octanol–water partition coefficient (Wildman–Crippen LogP) is 6.99. The van der Waals surface area contributed by atoms with Gasteiger partial charge in [0, 0.05) is 11.6 Å². The Labute approximate surface area is 220 Å². The molecule has 0 aliphatic rings. The Balaban J connectivity index is 1.99. The van der Waals surface area contributed by atoms with Crippen LogP contribution in [-0.2, 0) is 16.6 Å². The van der Waals surface area contributed by atoms with E-state index in [0.717, 1.165) is 36.8 Å². The van der Waals surface area contributed by atoms with E-state index in [1.807, 2.05) is 6.92 Å². The molecule has 3 aromatic carbocycles. The van der Waals surface area contributed by atoms with Crippen LogP contribution in [0.2, 0.25) is 5.02 Å². The molecular formula is C29H35ClN2O3S. The van der Waals surface area contributed by atoms with Crippen LogP contribution in [0.25, 0.3) is 0 Å². The average molecular weight is 527 g/mol. The molecule has 192 valence electrons. The first-order chi connectivity index (χ1) is 17.3. The first-order valence-electron chi connectivity index (χ1n) is 12.5. The maximum absolute atomic E-state index is 13.9. The summed E-state index contributed by atoms with van der Waals surface area (Å²) in [5, 5.41) is 3.62. The van der Waals surface area contributed by atoms with Gasteiger partial charge in [0.05, 0.1) is 22.7 Å². The zero-order chi connectivity index (χ0) is 26.1. The van der Waals surface area contributed by atoms with E-state index >= 15 is 0 Å². The largest absolute Gasteiger partial charge is 0.352 e. The molecule has 0 bridgehead atoms. The molecule has 0 saturated carbocycles. The number of carbonyl (C=O) groups excluding carboxylic acids is 1. The van der Waals surface area contributed by atoms with Crippen molar-refractivity contribution in [1.29, 1.82) is 0 Å². The molecule has 5 nitrogen and oxygen atoms in total. The summed E-state index contributed by atoms with van der Waals surface area (Å²) in [5.74, 6) is 0.114. The molecule has 0 aliphatic carbocycles. The number of halogens is 1. The van der Waals surface area contributed by atoms with Gasteiger partial charge in [-0.3, -0.25) is 9.10 Å². The quantitative estimate of drug-likeness (QED) is 0.276. The van der Waals surface area contributed by atoms with Gasteiger partial charge in [-0.05, 0) is 61.2 Å². The van der Waals surface area contributed by atoms with Gasteiger partial charge in [-0.1, -0.05) is 86.7 Å². The highest BCUT2D eigenvalue weighted by Crippen LogP contribution is 2.30. The summed E-state index contributed by atoms with van der Waals surface area (Å²) < 4.78 is 29.1. The normalized spacial score (nSPS) is 12.2. The molecule has 1 N–H and O–H groups in total. The third-order valence-corrected chi connectivity index (χ3v) is 8.39. The van der Waals surface area contributed by atoms with Gasteiger partial charge in [-0.25, -0.2) is 8.42 Å². The molecule has 1 amide bonds. The van der Waals surface area contributed by atoms with E-state index in [0.29, 0.717) is 28.7 Å². The Bertz CT molecular complexity index is 1240. The summed E-state index contributed by atoms with van der Waals surface area (Å²) in [7, 11) is -3.96. The molecule has 0 fully saturated rings. The van der Waals surface area contributed by atoms with Crippen molar-refractivity contribution in [3.8, 4) is 0 Å². The number of hydrogen-bond donors (Lipinski definition) is 1. The van der Waals surface area contributed by atoms with Crippen LogP contribution in [0, 0.1) is 12.8 Å². The Morgan fingerprint density at radius 3 is 2.28 bits per heavy atom. The summed E-state index contributed by atoms with van der Waals surface area (Å²) in [6, 6.07) is 20.7. The molecule has 3 aromatic rings. The van der Waals surface area contributed by atoms with Crippen LogP contribution in [0.3, 0.4) is 0 Å². The summed E-state index contributed by atoms with van der Waals surface area (Å²) >= 11 is 6.05. The van der Waals surface area contributed by atoms with Crippen molar-refractivity contribution in [1.82, 2.24) is 5.32 Å². The number of para-hydroxylation sites is 1. The van der Waals surface area contributed by atoms with E-state index in [2.05, 4.69) is 19.2 Å². The number of aryl methyl sites for hydroxylation is 1. The lowest BCUT2D eigenvalue weighted by molar-refractivity contribution is 0.0946. The van der Waals surface area contributed by atoms with E-state index in [1.165, 1.54) is 4.31 Å². The molecule has 7 heteroatoms. The Morgan fingerprint density at radius 1 is 0.972 bits per heavy atom. The van der Waals surface area contributed by atoms with Crippen LogP contribution in [0.4, 0.5) is 5.69 Å². The van der Waals surface area contributed by atoms with Crippen LogP contribution in [0.15, 0.2) is 77.7 Å². The van der Waals surface area contributed by atoms with E-state index in [1.54, 1.807) is 72.8 Å². The maximum atomic E-state index is 13.9. The maximum Gasteiger partial charge on any atom is 0.264 e. The Hall–Kier alpha value is -2.83. The number of anilines is 1. The zero-order valence-corrected chi connectivity index (χ0v) is 22.8. The minimum atomic E-state index is -3.96. The first-order valence-corrected chi connectivity index (χ1v) is 14.3. The standard InChI is InChI=1S/C29H35ClN2O3S/c1-4-6-9-23(5-2)20-31-29(33)27-10-7-8-11-28(27)32(21-24-14-16-25(30)17-15-24)36(34,35)26-18-12-22(3)13-19-26/h7-8,10-19,23H,4-6,9,20-21H2,1-3H3,(H,31,33). The fourth-order valence-corrected chi connectivity index (χ4v) is 5.65. The van der Waals surface area contributed by atoms with Crippen molar-refractivity contribution in [2.75, 3.05) is 10.8 Å². The molecule has 1 unspecified atom stereocenters. The number of unbranched alkanes of at least 4 members (excludes halogenated alkanes) is 1. The van der Waals surface area contributed by atoms with Crippen LogP contribution in [0.5, 0.6) is 0 Å². The highest BCUT2D eigenvalue weighted by atomic mass is 35.5. The molecule has 1 atom stereocenters. The van der Waals surface area contributed by atoms with Gasteiger partial charge in [-0.2, -0.15) is 0 Å². The van der Waals surface area contributed by atoms with Crippen molar-refractivity contribution in [3.05, 3.63) is 94.5 Å². The van der Waals surface area contributed by atoms with Gasteiger partial charge < -0.3 is 5.32 Å². The number of amides is 1. The minimum Gasteiger partial charge on any atom is -0.352 e. The summed E-state index contributed by atoms with van der Waals surface area (Å²) in [6.07, 6.45) is 4.27. The molecule has 36 heavy (non-hydrogen) atoms. The van der Waals surface area contributed by atoms with Crippen molar-refractivity contribution >= 4 is 33.2 Å². The summed E-state index contributed by atoms with van der Waals surface area (Å²) in [6.45, 7) is 6.82. The predicted molar refractivity (Wildman–Crippen MR) is 148 cm³/mol. The lowest BCUT2D eigenvalue weighted by Crippen LogP contribution is -2.34. The van der Waals surface area contributed by atoms with Crippen molar-refractivity contribution < 1.29 is 13.2 Å². The Morgan fingerprint density at radius 2 is 1.64 bits per heavy atom. The minimum absolute atomic E-state index is 0.0613. The number of hydrogen-bond acceptors (Lipinski definition) is 3. The third kappa shape index (κ3) is 7.11. The number of nitrogens with zero attached hydrogens (tertiary/aromatic N) is 1. The van der Waals surface area contributed by atoms with Gasteiger partial charge >= 0.3 is 0 Å². The average Bonchev–Trinajstić information content (AvgIpc) is 2.88. The third-order valence-electron chi connectivity index (χ3n) is 6.36. The van der Waals surface area contributed by atoms with E-state index < -0.39 is 10.0 Å². The molecule has 0 saturated heterocycles. The van der Waals surface area contributed by atoms with Crippen LogP contribution in [0.1, 0.15) is 61.0 Å². The van der Waals surface area contributed by atoms with Gasteiger partial charge in [-0.15, -0.1) is 0 Å². The SMILES string of the molecule is CCCCC(CC)CNC(=O)c1ccccc1N(Cc1ccc(Cl)cc1)S(=O)(=O)c1ccc(C)cc1. The topological polar surface area (TPSA) is 66.5 Å². The number of benzene rings is 3. The highest BCUT2D eigenvalue weighted by Gasteiger charge is 2.28. The number of nitrogens with one attached hydrogen (secondary N) is 1. The fraction of sp³-hybridized carbons (Fsp3) is 0.345. The van der Waals surface area contributed by atoms with Gasteiger partial charge in [0.25, 0.3) is 15.9 Å². The Kier molecular flexibility index (Phi) is 9.97. The lowest BCUT2D eigenvalue weighted by atomic mass is 9.99. The van der Waals surface area contributed by atoms with E-state index in [9.17, 15) is 13.2 Å². The monoisotopic (exact) mass is 526 g/mol. The van der Waals surface area contributed by atoms with Crippen molar-refractivity contribution in [2.45, 2.75) is 57.9 Å². The van der Waals surface area contributed by atoms with E-state index in [4.69, 9.17) is 11.6 Å². The van der Waals surface area contributed by atoms with Crippen molar-refractivity contribution in [2.24, 2.45) is 5.92 Å². The molecule has 0 aromatic heterocycles. The molecule has 0 spiro atoms. The second-order valence-electron chi connectivity index (χ2n) is 9.09. The van der Waals surface area contributed by atoms with Crippen LogP contribution >= 0.6 is 11.6 Å². The smallest absolute Gasteiger partial charge is 0.264 e. The van der Waals surface area contributed by atoms with Crippen LogP contribution in [-0.4, -0.2) is 20.9 Å². The second kappa shape index (κ2) is 12.9. The zero-order valence-electron chi connectivity index (χ0n) is 21.2. The number of sulfonamides is 1. The molecule has 0 aliphatic heterocycles. The highest BCUT2D eigenvalue weighted by molar-refractivity contribution is 7.92. The van der Waals surface area contributed by atoms with Crippen molar-refractivity contribution in [3.63, 3.8) is 0 Å².